The van der Waals surface area contributed by atoms with E-state index in [4.69, 9.17) is 4.74 Å². The van der Waals surface area contributed by atoms with Gasteiger partial charge in [0.1, 0.15) is 4.34 Å². The molecular formula is C15H29IN4OS2. The third-order valence-corrected chi connectivity index (χ3v) is 4.73. The second kappa shape index (κ2) is 15.5. The number of thiazole rings is 1. The molecule has 0 amide bonds. The number of ether oxygens (including phenoxy) is 1. The lowest BCUT2D eigenvalue weighted by Gasteiger charge is -2.12. The van der Waals surface area contributed by atoms with E-state index < -0.39 is 0 Å². The summed E-state index contributed by atoms with van der Waals surface area (Å²) in [6.07, 6.45) is 3.93. The molecule has 0 radical (unpaired) electrons. The SMILES string of the molecule is CN=C(NCCCOCC(C)C)NCCCSc1nccs1.I. The molecule has 0 unspecified atom stereocenters. The van der Waals surface area contributed by atoms with Crippen molar-refractivity contribution in [1.82, 2.24) is 15.6 Å². The summed E-state index contributed by atoms with van der Waals surface area (Å²) in [5.74, 6) is 2.54. The van der Waals surface area contributed by atoms with Crippen molar-refractivity contribution >= 4 is 53.0 Å². The standard InChI is InChI=1S/C15H28N4OS2.HI/c1-13(2)12-20-9-4-6-17-14(16-3)18-7-5-10-21-15-19-8-11-22-15;/h8,11,13H,4-7,9-10,12H2,1-3H3,(H2,16,17,18);1H. The number of rotatable bonds is 11. The van der Waals surface area contributed by atoms with Gasteiger partial charge in [0.15, 0.2) is 5.96 Å². The van der Waals surface area contributed by atoms with Crippen molar-refractivity contribution in [2.75, 3.05) is 39.1 Å². The van der Waals surface area contributed by atoms with E-state index in [0.717, 1.165) is 55.2 Å². The summed E-state index contributed by atoms with van der Waals surface area (Å²) in [4.78, 5) is 8.47. The zero-order chi connectivity index (χ0) is 16.0. The summed E-state index contributed by atoms with van der Waals surface area (Å²) >= 11 is 3.50. The van der Waals surface area contributed by atoms with Gasteiger partial charge in [0, 0.05) is 50.7 Å². The van der Waals surface area contributed by atoms with E-state index in [9.17, 15) is 0 Å². The van der Waals surface area contributed by atoms with E-state index in [1.165, 1.54) is 0 Å². The van der Waals surface area contributed by atoms with Crippen molar-refractivity contribution in [2.45, 2.75) is 31.0 Å². The molecule has 23 heavy (non-hydrogen) atoms. The van der Waals surface area contributed by atoms with Crippen molar-refractivity contribution < 1.29 is 4.74 Å². The van der Waals surface area contributed by atoms with Gasteiger partial charge in [-0.2, -0.15) is 0 Å². The molecule has 134 valence electrons. The topological polar surface area (TPSA) is 58.5 Å². The number of hydrogen-bond donors (Lipinski definition) is 2. The van der Waals surface area contributed by atoms with E-state index in [-0.39, 0.29) is 24.0 Å². The molecular weight excluding hydrogens is 443 g/mol. The Morgan fingerprint density at radius 2 is 2.09 bits per heavy atom. The predicted molar refractivity (Wildman–Crippen MR) is 113 cm³/mol. The summed E-state index contributed by atoms with van der Waals surface area (Å²) in [6.45, 7) is 7.76. The summed E-state index contributed by atoms with van der Waals surface area (Å²) in [5.41, 5.74) is 0. The van der Waals surface area contributed by atoms with Crippen molar-refractivity contribution in [3.63, 3.8) is 0 Å². The number of aromatic nitrogens is 1. The number of nitrogens with zero attached hydrogens (tertiary/aromatic N) is 2. The molecule has 0 saturated heterocycles. The van der Waals surface area contributed by atoms with Gasteiger partial charge in [-0.3, -0.25) is 4.99 Å². The van der Waals surface area contributed by atoms with Gasteiger partial charge in [0.2, 0.25) is 0 Å². The van der Waals surface area contributed by atoms with E-state index in [2.05, 4.69) is 34.5 Å². The molecule has 0 aliphatic carbocycles. The Morgan fingerprint density at radius 1 is 1.35 bits per heavy atom. The molecule has 1 aromatic rings. The average molecular weight is 472 g/mol. The number of hydrogen-bond acceptors (Lipinski definition) is 5. The zero-order valence-corrected chi connectivity index (χ0v) is 18.2. The van der Waals surface area contributed by atoms with Crippen LogP contribution in [-0.4, -0.2) is 50.0 Å². The lowest BCUT2D eigenvalue weighted by Crippen LogP contribution is -2.38. The van der Waals surface area contributed by atoms with Gasteiger partial charge >= 0.3 is 0 Å². The first-order chi connectivity index (χ1) is 10.7. The largest absolute Gasteiger partial charge is 0.381 e. The van der Waals surface area contributed by atoms with E-state index in [0.29, 0.717) is 5.92 Å². The molecule has 0 aromatic carbocycles. The number of thioether (sulfide) groups is 1. The van der Waals surface area contributed by atoms with Gasteiger partial charge in [-0.15, -0.1) is 35.3 Å². The molecule has 2 N–H and O–H groups in total. The van der Waals surface area contributed by atoms with Crippen LogP contribution in [0, 0.1) is 5.92 Å². The Hall–Kier alpha value is -0.0600. The van der Waals surface area contributed by atoms with Crippen LogP contribution >= 0.6 is 47.1 Å². The fraction of sp³-hybridized carbons (Fsp3) is 0.733. The zero-order valence-electron chi connectivity index (χ0n) is 14.2. The molecule has 0 saturated carbocycles. The summed E-state index contributed by atoms with van der Waals surface area (Å²) < 4.78 is 6.69. The van der Waals surface area contributed by atoms with Crippen LogP contribution in [0.1, 0.15) is 26.7 Å². The first-order valence-electron chi connectivity index (χ1n) is 7.77. The molecule has 5 nitrogen and oxygen atoms in total. The van der Waals surface area contributed by atoms with Crippen LogP contribution in [0.2, 0.25) is 0 Å². The van der Waals surface area contributed by atoms with Gasteiger partial charge in [-0.25, -0.2) is 4.98 Å². The predicted octanol–water partition coefficient (Wildman–Crippen LogP) is 3.47. The van der Waals surface area contributed by atoms with Crippen LogP contribution in [0.5, 0.6) is 0 Å². The summed E-state index contributed by atoms with van der Waals surface area (Å²) in [5, 5.41) is 8.64. The minimum Gasteiger partial charge on any atom is -0.381 e. The number of aliphatic imine (C=N–C) groups is 1. The van der Waals surface area contributed by atoms with Gasteiger partial charge in [-0.1, -0.05) is 25.6 Å². The molecule has 1 heterocycles. The Kier molecular flexibility index (Phi) is 15.4. The fourth-order valence-electron chi connectivity index (χ4n) is 1.64. The molecule has 0 spiro atoms. The quantitative estimate of drug-likeness (QED) is 0.170. The van der Waals surface area contributed by atoms with Gasteiger partial charge in [0.05, 0.1) is 0 Å². The lowest BCUT2D eigenvalue weighted by atomic mass is 10.2. The monoisotopic (exact) mass is 472 g/mol. The van der Waals surface area contributed by atoms with Crippen molar-refractivity contribution in [2.24, 2.45) is 10.9 Å². The number of halogens is 1. The Balaban J connectivity index is 0.00000484. The number of nitrogens with one attached hydrogen (secondary N) is 2. The highest BCUT2D eigenvalue weighted by Crippen LogP contribution is 2.20. The molecule has 1 rings (SSSR count). The van der Waals surface area contributed by atoms with Crippen molar-refractivity contribution in [3.8, 4) is 0 Å². The average Bonchev–Trinajstić information content (AvgIpc) is 3.01. The minimum atomic E-state index is 0. The van der Waals surface area contributed by atoms with Crippen LogP contribution in [0.4, 0.5) is 0 Å². The molecule has 1 aromatic heterocycles. The molecule has 0 fully saturated rings. The van der Waals surface area contributed by atoms with Crippen molar-refractivity contribution in [3.05, 3.63) is 11.6 Å². The molecule has 0 bridgehead atoms. The molecule has 0 aliphatic heterocycles. The van der Waals surface area contributed by atoms with Gasteiger partial charge in [0.25, 0.3) is 0 Å². The smallest absolute Gasteiger partial charge is 0.190 e. The fourth-order valence-corrected chi connectivity index (χ4v) is 3.29. The van der Waals surface area contributed by atoms with Crippen molar-refractivity contribution in [1.29, 1.82) is 0 Å². The highest BCUT2D eigenvalue weighted by molar-refractivity contribution is 14.0. The number of guanidine groups is 1. The molecule has 0 aliphatic rings. The Labute approximate surface area is 165 Å². The highest BCUT2D eigenvalue weighted by atomic mass is 127. The maximum absolute atomic E-state index is 5.55. The summed E-state index contributed by atoms with van der Waals surface area (Å²) in [6, 6.07) is 0. The second-order valence-corrected chi connectivity index (χ2v) is 7.48. The second-order valence-electron chi connectivity index (χ2n) is 5.25. The highest BCUT2D eigenvalue weighted by Gasteiger charge is 1.99. The summed E-state index contributed by atoms with van der Waals surface area (Å²) in [7, 11) is 1.80. The van der Waals surface area contributed by atoms with Crippen LogP contribution in [0.15, 0.2) is 20.9 Å². The van der Waals surface area contributed by atoms with E-state index in [1.54, 1.807) is 30.1 Å². The van der Waals surface area contributed by atoms with Crippen LogP contribution < -0.4 is 10.6 Å². The maximum atomic E-state index is 5.55. The van der Waals surface area contributed by atoms with E-state index in [1.807, 2.05) is 11.6 Å². The molecule has 8 heteroatoms. The van der Waals surface area contributed by atoms with Crippen LogP contribution in [0.25, 0.3) is 0 Å². The van der Waals surface area contributed by atoms with E-state index >= 15 is 0 Å². The first kappa shape index (κ1) is 22.9. The minimum absolute atomic E-state index is 0. The Morgan fingerprint density at radius 3 is 2.70 bits per heavy atom. The van der Waals surface area contributed by atoms with Gasteiger partial charge < -0.3 is 15.4 Å². The lowest BCUT2D eigenvalue weighted by molar-refractivity contribution is 0.108. The normalized spacial score (nSPS) is 11.4. The maximum Gasteiger partial charge on any atom is 0.190 e. The third kappa shape index (κ3) is 13.0. The first-order valence-corrected chi connectivity index (χ1v) is 9.63. The van der Waals surface area contributed by atoms with Crippen LogP contribution in [0.3, 0.4) is 0 Å². The Bertz CT molecular complexity index is 402. The van der Waals surface area contributed by atoms with Gasteiger partial charge in [-0.05, 0) is 18.8 Å². The third-order valence-electron chi connectivity index (χ3n) is 2.68. The molecule has 0 atom stereocenters. The van der Waals surface area contributed by atoms with Crippen LogP contribution in [-0.2, 0) is 4.74 Å².